The highest BCUT2D eigenvalue weighted by atomic mass is 79.9. The van der Waals surface area contributed by atoms with Crippen LogP contribution in [-0.2, 0) is 9.47 Å². The van der Waals surface area contributed by atoms with Gasteiger partial charge in [-0.2, -0.15) is 0 Å². The highest BCUT2D eigenvalue weighted by Gasteiger charge is 2.60. The molecule has 96 valence electrons. The minimum atomic E-state index is -0.405. The van der Waals surface area contributed by atoms with E-state index in [1.165, 1.54) is 0 Å². The molecule has 2 aliphatic heterocycles. The van der Waals surface area contributed by atoms with Gasteiger partial charge in [0.1, 0.15) is 12.7 Å². The third-order valence-corrected chi connectivity index (χ3v) is 4.11. The van der Waals surface area contributed by atoms with Crippen molar-refractivity contribution in [1.29, 1.82) is 0 Å². The lowest BCUT2D eigenvalue weighted by Crippen LogP contribution is -2.21. The van der Waals surface area contributed by atoms with Gasteiger partial charge in [-0.15, -0.1) is 0 Å². The van der Waals surface area contributed by atoms with Crippen LogP contribution in [0.3, 0.4) is 0 Å². The zero-order valence-electron chi connectivity index (χ0n) is 10.7. The van der Waals surface area contributed by atoms with E-state index in [0.717, 1.165) is 15.9 Å². The molecule has 0 amide bonds. The van der Waals surface area contributed by atoms with Crippen LogP contribution in [0.4, 0.5) is 0 Å². The molecule has 0 spiro atoms. The Morgan fingerprint density at radius 3 is 2.61 bits per heavy atom. The van der Waals surface area contributed by atoms with Crippen LogP contribution in [0.2, 0.25) is 0 Å². The molecule has 2 heterocycles. The maximum atomic E-state index is 5.86. The molecule has 2 aliphatic rings. The van der Waals surface area contributed by atoms with E-state index >= 15 is 0 Å². The average Bonchev–Trinajstić information content (AvgIpc) is 2.84. The highest BCUT2D eigenvalue weighted by Crippen LogP contribution is 2.53. The summed E-state index contributed by atoms with van der Waals surface area (Å²) in [4.78, 5) is 4.61. The Balaban J connectivity index is 1.87. The number of rotatable bonds is 2. The van der Waals surface area contributed by atoms with Gasteiger partial charge in [-0.05, 0) is 32.4 Å². The zero-order valence-corrected chi connectivity index (χ0v) is 12.3. The molecule has 0 bridgehead atoms. The van der Waals surface area contributed by atoms with Gasteiger partial charge in [0.15, 0.2) is 5.60 Å². The van der Waals surface area contributed by atoms with Gasteiger partial charge in [0.2, 0.25) is 5.90 Å². The number of ether oxygens (including phenoxy) is 2. The monoisotopic (exact) mass is 309 g/mol. The summed E-state index contributed by atoms with van der Waals surface area (Å²) in [6, 6.07) is 8.11. The minimum Gasteiger partial charge on any atom is -0.476 e. The van der Waals surface area contributed by atoms with Crippen molar-refractivity contribution in [2.45, 2.75) is 38.0 Å². The summed E-state index contributed by atoms with van der Waals surface area (Å²) in [5.74, 6) is 0.730. The number of epoxide rings is 1. The molecule has 1 fully saturated rings. The first kappa shape index (κ1) is 12.2. The quantitative estimate of drug-likeness (QED) is 0.784. The van der Waals surface area contributed by atoms with Crippen molar-refractivity contribution >= 4 is 21.8 Å². The van der Waals surface area contributed by atoms with Crippen molar-refractivity contribution in [3.63, 3.8) is 0 Å². The van der Waals surface area contributed by atoms with E-state index in [0.29, 0.717) is 6.61 Å². The fourth-order valence-electron chi connectivity index (χ4n) is 2.26. The fraction of sp³-hybridized carbons (Fsp3) is 0.500. The van der Waals surface area contributed by atoms with Crippen LogP contribution in [0.5, 0.6) is 0 Å². The van der Waals surface area contributed by atoms with E-state index in [9.17, 15) is 0 Å². The van der Waals surface area contributed by atoms with Gasteiger partial charge in [0.05, 0.1) is 5.54 Å². The van der Waals surface area contributed by atoms with Crippen LogP contribution in [0, 0.1) is 0 Å². The van der Waals surface area contributed by atoms with Crippen LogP contribution in [0.25, 0.3) is 0 Å². The summed E-state index contributed by atoms with van der Waals surface area (Å²) < 4.78 is 12.6. The second-order valence-corrected chi connectivity index (χ2v) is 6.50. The predicted molar refractivity (Wildman–Crippen MR) is 73.8 cm³/mol. The largest absolute Gasteiger partial charge is 0.476 e. The summed E-state index contributed by atoms with van der Waals surface area (Å²) in [6.07, 6.45) is 0.0284. The smallest absolute Gasteiger partial charge is 0.220 e. The normalized spacial score (nSPS) is 32.9. The van der Waals surface area contributed by atoms with Crippen molar-refractivity contribution in [2.24, 2.45) is 4.99 Å². The Bertz CT molecular complexity index is 526. The highest BCUT2D eigenvalue weighted by molar-refractivity contribution is 9.10. The molecule has 1 aromatic rings. The molecule has 4 heteroatoms. The third-order valence-electron chi connectivity index (χ3n) is 3.38. The molecule has 0 aromatic heterocycles. The van der Waals surface area contributed by atoms with Gasteiger partial charge in [-0.1, -0.05) is 34.1 Å². The first-order valence-electron chi connectivity index (χ1n) is 6.08. The van der Waals surface area contributed by atoms with Gasteiger partial charge in [-0.3, -0.25) is 0 Å². The van der Waals surface area contributed by atoms with Gasteiger partial charge in [0, 0.05) is 4.47 Å². The SMILES string of the molecule is CC1(C)COC([C@]2(C)O[C@@H]2c2ccccc2Br)=N1. The van der Waals surface area contributed by atoms with E-state index in [-0.39, 0.29) is 11.6 Å². The Morgan fingerprint density at radius 2 is 2.00 bits per heavy atom. The Morgan fingerprint density at radius 1 is 1.28 bits per heavy atom. The molecule has 0 N–H and O–H groups in total. The maximum Gasteiger partial charge on any atom is 0.220 e. The first-order valence-corrected chi connectivity index (χ1v) is 6.87. The lowest BCUT2D eigenvalue weighted by atomic mass is 10.0. The second-order valence-electron chi connectivity index (χ2n) is 5.64. The van der Waals surface area contributed by atoms with Gasteiger partial charge >= 0.3 is 0 Å². The van der Waals surface area contributed by atoms with Crippen LogP contribution in [-0.4, -0.2) is 23.6 Å². The molecule has 0 unspecified atom stereocenters. The molecule has 0 aliphatic carbocycles. The zero-order chi connectivity index (χ0) is 13.0. The number of benzene rings is 1. The molecular weight excluding hydrogens is 294 g/mol. The van der Waals surface area contributed by atoms with Crippen molar-refractivity contribution in [3.8, 4) is 0 Å². The summed E-state index contributed by atoms with van der Waals surface area (Å²) in [6.45, 7) is 6.81. The molecule has 3 rings (SSSR count). The standard InChI is InChI=1S/C14H16BrNO2/c1-13(2)8-17-12(16-13)14(3)11(18-14)9-6-4-5-7-10(9)15/h4-7,11H,8H2,1-3H3/t11-,14-/m1/s1. The Hall–Kier alpha value is -0.870. The average molecular weight is 310 g/mol. The summed E-state index contributed by atoms with van der Waals surface area (Å²) >= 11 is 3.56. The van der Waals surface area contributed by atoms with Crippen molar-refractivity contribution in [3.05, 3.63) is 34.3 Å². The van der Waals surface area contributed by atoms with E-state index in [4.69, 9.17) is 9.47 Å². The number of halogens is 1. The number of hydrogen-bond donors (Lipinski definition) is 0. The van der Waals surface area contributed by atoms with E-state index in [2.05, 4.69) is 40.8 Å². The second kappa shape index (κ2) is 3.81. The van der Waals surface area contributed by atoms with Gasteiger partial charge in [-0.25, -0.2) is 4.99 Å². The first-order chi connectivity index (χ1) is 8.42. The topological polar surface area (TPSA) is 34.1 Å². The van der Waals surface area contributed by atoms with Gasteiger partial charge in [0.25, 0.3) is 0 Å². The molecule has 1 saturated heterocycles. The van der Waals surface area contributed by atoms with E-state index < -0.39 is 5.60 Å². The van der Waals surface area contributed by atoms with Gasteiger partial charge < -0.3 is 9.47 Å². The number of hydrogen-bond acceptors (Lipinski definition) is 3. The lowest BCUT2D eigenvalue weighted by molar-refractivity contribution is 0.251. The fourth-order valence-corrected chi connectivity index (χ4v) is 2.75. The summed E-state index contributed by atoms with van der Waals surface area (Å²) in [5, 5.41) is 0. The van der Waals surface area contributed by atoms with Crippen molar-refractivity contribution < 1.29 is 9.47 Å². The molecule has 3 nitrogen and oxygen atoms in total. The van der Waals surface area contributed by atoms with Crippen LogP contribution >= 0.6 is 15.9 Å². The van der Waals surface area contributed by atoms with E-state index in [1.54, 1.807) is 0 Å². The minimum absolute atomic E-state index is 0.0284. The lowest BCUT2D eigenvalue weighted by Gasteiger charge is -2.07. The number of aliphatic imine (C=N–C) groups is 1. The maximum absolute atomic E-state index is 5.86. The molecule has 1 aromatic carbocycles. The molecule has 18 heavy (non-hydrogen) atoms. The summed E-state index contributed by atoms with van der Waals surface area (Å²) in [7, 11) is 0. The molecule has 2 atom stereocenters. The summed E-state index contributed by atoms with van der Waals surface area (Å²) in [5.41, 5.74) is 0.608. The predicted octanol–water partition coefficient (Wildman–Crippen LogP) is 3.49. The molecule has 0 radical (unpaired) electrons. The third kappa shape index (κ3) is 1.88. The van der Waals surface area contributed by atoms with E-state index in [1.807, 2.05) is 25.1 Å². The van der Waals surface area contributed by atoms with Crippen LogP contribution in [0.1, 0.15) is 32.4 Å². The van der Waals surface area contributed by atoms with Crippen molar-refractivity contribution in [2.75, 3.05) is 6.61 Å². The van der Waals surface area contributed by atoms with Crippen molar-refractivity contribution in [1.82, 2.24) is 0 Å². The van der Waals surface area contributed by atoms with Crippen LogP contribution in [0.15, 0.2) is 33.7 Å². The molecule has 0 saturated carbocycles. The molecular formula is C14H16BrNO2. The Labute approximate surface area is 115 Å². The number of nitrogens with zero attached hydrogens (tertiary/aromatic N) is 1. The Kier molecular flexibility index (Phi) is 2.58. The van der Waals surface area contributed by atoms with Crippen LogP contribution < -0.4 is 0 Å².